The molecule has 3 aromatic rings. The van der Waals surface area contributed by atoms with Gasteiger partial charge in [-0.25, -0.2) is 0 Å². The van der Waals surface area contributed by atoms with Gasteiger partial charge >= 0.3 is 0 Å². The van der Waals surface area contributed by atoms with Crippen LogP contribution in [0.2, 0.25) is 5.02 Å². The van der Waals surface area contributed by atoms with Crippen LogP contribution in [0.15, 0.2) is 41.0 Å². The van der Waals surface area contributed by atoms with Crippen molar-refractivity contribution in [1.29, 1.82) is 5.26 Å². The summed E-state index contributed by atoms with van der Waals surface area (Å²) in [6.07, 6.45) is 1.71. The van der Waals surface area contributed by atoms with Gasteiger partial charge < -0.3 is 0 Å². The summed E-state index contributed by atoms with van der Waals surface area (Å²) in [6.45, 7) is 0. The molecule has 3 rings (SSSR count). The average Bonchev–Trinajstić information content (AvgIpc) is 2.78. The molecule has 3 nitrogen and oxygen atoms in total. The zero-order valence-corrected chi connectivity index (χ0v) is 12.9. The van der Waals surface area contributed by atoms with Crippen molar-refractivity contribution in [2.24, 2.45) is 7.05 Å². The molecule has 0 aliphatic carbocycles. The first-order valence-electron chi connectivity index (χ1n) is 5.92. The highest BCUT2D eigenvalue weighted by Gasteiger charge is 2.17. The molecular weight excluding hydrogens is 338 g/mol. The Labute approximate surface area is 129 Å². The second-order valence-corrected chi connectivity index (χ2v) is 5.66. The van der Waals surface area contributed by atoms with Gasteiger partial charge in [0, 0.05) is 28.4 Å². The van der Waals surface area contributed by atoms with Crippen molar-refractivity contribution in [3.63, 3.8) is 0 Å². The molecule has 98 valence electrons. The molecular formula is C15H9BrClN3. The lowest BCUT2D eigenvalue weighted by molar-refractivity contribution is 0.775. The molecule has 0 atom stereocenters. The largest absolute Gasteiger partial charge is 0.267 e. The Morgan fingerprint density at radius 3 is 2.60 bits per heavy atom. The van der Waals surface area contributed by atoms with Gasteiger partial charge in [0.25, 0.3) is 0 Å². The number of fused-ring (bicyclic) bond motifs is 1. The monoisotopic (exact) mass is 345 g/mol. The third kappa shape index (κ3) is 1.91. The van der Waals surface area contributed by atoms with Crippen molar-refractivity contribution in [2.75, 3.05) is 0 Å². The van der Waals surface area contributed by atoms with E-state index in [0.717, 1.165) is 26.5 Å². The molecule has 0 saturated carbocycles. The van der Waals surface area contributed by atoms with Gasteiger partial charge in [0.05, 0.1) is 21.9 Å². The fraction of sp³-hybridized carbons (Fsp3) is 0.0667. The summed E-state index contributed by atoms with van der Waals surface area (Å²) < 4.78 is 2.56. The molecule has 5 heteroatoms. The molecule has 1 heterocycles. The van der Waals surface area contributed by atoms with Crippen LogP contribution in [-0.2, 0) is 7.05 Å². The second kappa shape index (κ2) is 4.93. The zero-order chi connectivity index (χ0) is 14.3. The van der Waals surface area contributed by atoms with Crippen molar-refractivity contribution in [3.05, 3.63) is 51.6 Å². The van der Waals surface area contributed by atoms with E-state index in [2.05, 4.69) is 27.1 Å². The first-order chi connectivity index (χ1) is 9.63. The molecule has 0 amide bonds. The van der Waals surface area contributed by atoms with Gasteiger partial charge in [0.1, 0.15) is 6.07 Å². The molecule has 0 saturated heterocycles. The van der Waals surface area contributed by atoms with E-state index in [1.54, 1.807) is 10.9 Å². The van der Waals surface area contributed by atoms with Gasteiger partial charge in [-0.05, 0) is 22.0 Å². The number of nitriles is 1. The van der Waals surface area contributed by atoms with Gasteiger partial charge in [-0.1, -0.05) is 35.9 Å². The molecule has 1 aromatic heterocycles. The molecule has 0 spiro atoms. The Morgan fingerprint density at radius 1 is 1.30 bits per heavy atom. The molecule has 0 aliphatic heterocycles. The Hall–Kier alpha value is -1.83. The van der Waals surface area contributed by atoms with Crippen molar-refractivity contribution in [2.45, 2.75) is 0 Å². The predicted octanol–water partition coefficient (Wildman–Crippen LogP) is 4.53. The van der Waals surface area contributed by atoms with Crippen LogP contribution in [0.3, 0.4) is 0 Å². The third-order valence-corrected chi connectivity index (χ3v) is 4.15. The Kier molecular flexibility index (Phi) is 3.25. The molecule has 0 fully saturated rings. The number of rotatable bonds is 1. The lowest BCUT2D eigenvalue weighted by atomic mass is 9.97. The number of nitrogens with zero attached hydrogens (tertiary/aromatic N) is 3. The van der Waals surface area contributed by atoms with Gasteiger partial charge in [-0.15, -0.1) is 0 Å². The van der Waals surface area contributed by atoms with Crippen LogP contribution >= 0.6 is 27.5 Å². The fourth-order valence-corrected chi connectivity index (χ4v) is 3.19. The highest BCUT2D eigenvalue weighted by Crippen LogP contribution is 2.37. The summed E-state index contributed by atoms with van der Waals surface area (Å²) in [5, 5.41) is 16.1. The first-order valence-corrected chi connectivity index (χ1v) is 7.09. The number of aryl methyl sites for hydroxylation is 1. The van der Waals surface area contributed by atoms with Crippen LogP contribution in [0.1, 0.15) is 5.56 Å². The maximum absolute atomic E-state index is 9.55. The minimum atomic E-state index is 0.606. The van der Waals surface area contributed by atoms with Gasteiger partial charge in [0.2, 0.25) is 0 Å². The summed E-state index contributed by atoms with van der Waals surface area (Å²) in [4.78, 5) is 0. The smallest absolute Gasteiger partial charge is 0.100 e. The van der Waals surface area contributed by atoms with Gasteiger partial charge in [0.15, 0.2) is 0 Å². The van der Waals surface area contributed by atoms with Crippen molar-refractivity contribution < 1.29 is 0 Å². The minimum absolute atomic E-state index is 0.606. The Bertz CT molecular complexity index is 842. The van der Waals surface area contributed by atoms with E-state index < -0.39 is 0 Å². The maximum Gasteiger partial charge on any atom is 0.100 e. The predicted molar refractivity (Wildman–Crippen MR) is 83.6 cm³/mol. The quantitative estimate of drug-likeness (QED) is 0.649. The number of hydrogen-bond acceptors (Lipinski definition) is 2. The van der Waals surface area contributed by atoms with E-state index in [0.29, 0.717) is 10.6 Å². The van der Waals surface area contributed by atoms with Crippen LogP contribution in [-0.4, -0.2) is 9.78 Å². The number of benzene rings is 2. The molecule has 0 radical (unpaired) electrons. The van der Waals surface area contributed by atoms with E-state index in [1.807, 2.05) is 37.4 Å². The number of aromatic nitrogens is 2. The first kappa shape index (κ1) is 13.2. The summed E-state index contributed by atoms with van der Waals surface area (Å²) in [5.74, 6) is 0. The number of hydrogen-bond donors (Lipinski definition) is 0. The number of halogens is 2. The highest BCUT2D eigenvalue weighted by atomic mass is 79.9. The minimum Gasteiger partial charge on any atom is -0.267 e. The van der Waals surface area contributed by atoms with Crippen LogP contribution < -0.4 is 0 Å². The molecule has 0 unspecified atom stereocenters. The topological polar surface area (TPSA) is 41.6 Å². The molecule has 0 aliphatic rings. The van der Waals surface area contributed by atoms with Crippen LogP contribution in [0.25, 0.3) is 22.0 Å². The Morgan fingerprint density at radius 2 is 2.00 bits per heavy atom. The highest BCUT2D eigenvalue weighted by molar-refractivity contribution is 9.10. The van der Waals surface area contributed by atoms with E-state index in [9.17, 15) is 5.26 Å². The zero-order valence-electron chi connectivity index (χ0n) is 10.6. The maximum atomic E-state index is 9.55. The van der Waals surface area contributed by atoms with Gasteiger partial charge in [-0.3, -0.25) is 4.68 Å². The van der Waals surface area contributed by atoms with Crippen molar-refractivity contribution in [1.82, 2.24) is 9.78 Å². The lowest BCUT2D eigenvalue weighted by Crippen LogP contribution is -1.97. The molecule has 0 N–H and O–H groups in total. The van der Waals surface area contributed by atoms with Crippen molar-refractivity contribution >= 4 is 38.3 Å². The SMILES string of the molecule is Cn1ncc(Br)c1-c1cc(Cl)c2ccccc2c1C#N. The van der Waals surface area contributed by atoms with Crippen LogP contribution in [0.4, 0.5) is 0 Å². The van der Waals surface area contributed by atoms with E-state index in [4.69, 9.17) is 11.6 Å². The van der Waals surface area contributed by atoms with Crippen LogP contribution in [0.5, 0.6) is 0 Å². The summed E-state index contributed by atoms with van der Waals surface area (Å²) in [6, 6.07) is 11.8. The average molecular weight is 347 g/mol. The Balaban J connectivity index is 2.47. The molecule has 20 heavy (non-hydrogen) atoms. The molecule has 2 aromatic carbocycles. The van der Waals surface area contributed by atoms with E-state index >= 15 is 0 Å². The lowest BCUT2D eigenvalue weighted by Gasteiger charge is -2.10. The normalized spacial score (nSPS) is 10.7. The summed E-state index contributed by atoms with van der Waals surface area (Å²) >= 11 is 9.83. The van der Waals surface area contributed by atoms with Crippen molar-refractivity contribution in [3.8, 4) is 17.3 Å². The summed E-state index contributed by atoms with van der Waals surface area (Å²) in [5.41, 5.74) is 2.23. The van der Waals surface area contributed by atoms with E-state index in [-0.39, 0.29) is 0 Å². The molecule has 0 bridgehead atoms. The van der Waals surface area contributed by atoms with Crippen LogP contribution in [0, 0.1) is 11.3 Å². The third-order valence-electron chi connectivity index (χ3n) is 3.26. The second-order valence-electron chi connectivity index (χ2n) is 4.40. The standard InChI is InChI=1S/C15H9BrClN3/c1-20-15(13(16)8-19-20)11-6-14(17)10-5-3-2-4-9(10)12(11)7-18/h2-6,8H,1H3. The fourth-order valence-electron chi connectivity index (χ4n) is 2.35. The van der Waals surface area contributed by atoms with Gasteiger partial charge in [-0.2, -0.15) is 10.4 Å². The summed E-state index contributed by atoms with van der Waals surface area (Å²) in [7, 11) is 1.84. The van der Waals surface area contributed by atoms with E-state index in [1.165, 1.54) is 0 Å².